The van der Waals surface area contributed by atoms with E-state index in [1.165, 1.54) is 71.1 Å². The molecule has 0 amide bonds. The van der Waals surface area contributed by atoms with Crippen molar-refractivity contribution in [2.45, 2.75) is 64.8 Å². The zero-order valence-corrected chi connectivity index (χ0v) is 12.5. The van der Waals surface area contributed by atoms with Gasteiger partial charge in [-0.2, -0.15) is 0 Å². The first-order chi connectivity index (χ1) is 8.74. The molecule has 0 aromatic rings. The quantitative estimate of drug-likeness (QED) is 0.808. The van der Waals surface area contributed by atoms with Crippen LogP contribution in [0.1, 0.15) is 58.8 Å². The van der Waals surface area contributed by atoms with Crippen LogP contribution in [0.5, 0.6) is 0 Å². The summed E-state index contributed by atoms with van der Waals surface area (Å²) < 4.78 is 0. The topological polar surface area (TPSA) is 15.3 Å². The zero-order chi connectivity index (χ0) is 12.8. The molecule has 1 aliphatic heterocycles. The lowest BCUT2D eigenvalue weighted by atomic mass is 10.0. The second-order valence-electron chi connectivity index (χ2n) is 6.87. The van der Waals surface area contributed by atoms with Gasteiger partial charge in [-0.15, -0.1) is 0 Å². The fourth-order valence-electron chi connectivity index (χ4n) is 3.67. The van der Waals surface area contributed by atoms with E-state index in [-0.39, 0.29) is 0 Å². The number of hydrogen-bond donors (Lipinski definition) is 1. The molecule has 1 unspecified atom stereocenters. The van der Waals surface area contributed by atoms with Crippen molar-refractivity contribution >= 4 is 0 Å². The summed E-state index contributed by atoms with van der Waals surface area (Å²) in [6, 6.07) is 0.732. The molecule has 1 atom stereocenters. The molecule has 0 bridgehead atoms. The van der Waals surface area contributed by atoms with Crippen molar-refractivity contribution < 1.29 is 0 Å². The summed E-state index contributed by atoms with van der Waals surface area (Å²) in [6.45, 7) is 9.85. The Kier molecular flexibility index (Phi) is 5.97. The maximum atomic E-state index is 3.73. The minimum atomic E-state index is 0.732. The fourth-order valence-corrected chi connectivity index (χ4v) is 3.67. The van der Waals surface area contributed by atoms with Gasteiger partial charge in [-0.3, -0.25) is 0 Å². The number of rotatable bonds is 5. The van der Waals surface area contributed by atoms with Gasteiger partial charge in [0.05, 0.1) is 0 Å². The van der Waals surface area contributed by atoms with Gasteiger partial charge in [-0.05, 0) is 50.7 Å². The second-order valence-corrected chi connectivity index (χ2v) is 6.87. The highest BCUT2D eigenvalue weighted by Crippen LogP contribution is 2.27. The monoisotopic (exact) mass is 252 g/mol. The number of nitrogens with one attached hydrogen (secondary N) is 1. The van der Waals surface area contributed by atoms with Crippen LogP contribution in [-0.2, 0) is 0 Å². The Hall–Kier alpha value is -0.0800. The second kappa shape index (κ2) is 7.49. The Balaban J connectivity index is 1.72. The van der Waals surface area contributed by atoms with E-state index in [9.17, 15) is 0 Å². The molecule has 0 aromatic carbocycles. The normalized spacial score (nSPS) is 27.8. The number of nitrogens with zero attached hydrogens (tertiary/aromatic N) is 1. The standard InChI is InChI=1S/C16H32N2/c1-14(2)12-16-13-18(10-5-9-17-16)11-8-15-6-3-4-7-15/h14-17H,3-13H2,1-2H3. The molecule has 1 saturated carbocycles. The third-order valence-corrected chi connectivity index (χ3v) is 4.65. The average Bonchev–Trinajstić information content (AvgIpc) is 2.74. The van der Waals surface area contributed by atoms with Crippen molar-refractivity contribution in [3.8, 4) is 0 Å². The molecule has 0 radical (unpaired) electrons. The Morgan fingerprint density at radius 3 is 2.67 bits per heavy atom. The molecular formula is C16H32N2. The molecule has 2 rings (SSSR count). The lowest BCUT2D eigenvalue weighted by Crippen LogP contribution is -2.39. The Morgan fingerprint density at radius 2 is 1.94 bits per heavy atom. The third-order valence-electron chi connectivity index (χ3n) is 4.65. The van der Waals surface area contributed by atoms with Crippen molar-refractivity contribution in [1.29, 1.82) is 0 Å². The molecule has 1 aliphatic carbocycles. The average molecular weight is 252 g/mol. The largest absolute Gasteiger partial charge is 0.313 e. The Morgan fingerprint density at radius 1 is 1.17 bits per heavy atom. The first-order valence-electron chi connectivity index (χ1n) is 8.20. The molecule has 18 heavy (non-hydrogen) atoms. The van der Waals surface area contributed by atoms with Crippen molar-refractivity contribution in [1.82, 2.24) is 10.2 Å². The molecule has 2 heteroatoms. The summed E-state index contributed by atoms with van der Waals surface area (Å²) in [7, 11) is 0. The highest BCUT2D eigenvalue weighted by molar-refractivity contribution is 4.78. The van der Waals surface area contributed by atoms with E-state index in [1.807, 2.05) is 0 Å². The van der Waals surface area contributed by atoms with Crippen molar-refractivity contribution in [2.24, 2.45) is 11.8 Å². The predicted octanol–water partition coefficient (Wildman–Crippen LogP) is 3.28. The van der Waals surface area contributed by atoms with Gasteiger partial charge >= 0.3 is 0 Å². The first kappa shape index (κ1) is 14.3. The van der Waals surface area contributed by atoms with E-state index in [0.29, 0.717) is 0 Å². The van der Waals surface area contributed by atoms with Gasteiger partial charge in [-0.1, -0.05) is 39.5 Å². The van der Waals surface area contributed by atoms with Gasteiger partial charge in [0.2, 0.25) is 0 Å². The maximum Gasteiger partial charge on any atom is 0.0197 e. The summed E-state index contributed by atoms with van der Waals surface area (Å²) in [4.78, 5) is 2.73. The minimum absolute atomic E-state index is 0.732. The molecule has 0 spiro atoms. The van der Waals surface area contributed by atoms with Crippen LogP contribution >= 0.6 is 0 Å². The molecular weight excluding hydrogens is 220 g/mol. The Labute approximate surface area is 114 Å². The summed E-state index contributed by atoms with van der Waals surface area (Å²) in [5, 5.41) is 3.73. The summed E-state index contributed by atoms with van der Waals surface area (Å²) >= 11 is 0. The zero-order valence-electron chi connectivity index (χ0n) is 12.5. The van der Waals surface area contributed by atoms with Gasteiger partial charge in [0.25, 0.3) is 0 Å². The van der Waals surface area contributed by atoms with Crippen LogP contribution in [0.3, 0.4) is 0 Å². The fraction of sp³-hybridized carbons (Fsp3) is 1.00. The highest BCUT2D eigenvalue weighted by Gasteiger charge is 2.20. The van der Waals surface area contributed by atoms with Crippen LogP contribution in [0.15, 0.2) is 0 Å². The van der Waals surface area contributed by atoms with Crippen LogP contribution in [0.2, 0.25) is 0 Å². The van der Waals surface area contributed by atoms with E-state index in [0.717, 1.165) is 17.9 Å². The van der Waals surface area contributed by atoms with Crippen LogP contribution in [0.4, 0.5) is 0 Å². The third kappa shape index (κ3) is 4.89. The van der Waals surface area contributed by atoms with E-state index < -0.39 is 0 Å². The van der Waals surface area contributed by atoms with E-state index >= 15 is 0 Å². The lowest BCUT2D eigenvalue weighted by Gasteiger charge is -2.26. The molecule has 106 valence electrons. The predicted molar refractivity (Wildman–Crippen MR) is 78.9 cm³/mol. The maximum absolute atomic E-state index is 3.73. The van der Waals surface area contributed by atoms with Crippen molar-refractivity contribution in [3.05, 3.63) is 0 Å². The van der Waals surface area contributed by atoms with Gasteiger partial charge in [0.1, 0.15) is 0 Å². The summed E-state index contributed by atoms with van der Waals surface area (Å²) in [6.07, 6.45) is 10.1. The summed E-state index contributed by atoms with van der Waals surface area (Å²) in [5.41, 5.74) is 0. The van der Waals surface area contributed by atoms with Gasteiger partial charge in [0, 0.05) is 12.6 Å². The van der Waals surface area contributed by atoms with E-state index in [1.54, 1.807) is 0 Å². The van der Waals surface area contributed by atoms with Crippen LogP contribution in [0.25, 0.3) is 0 Å². The lowest BCUT2D eigenvalue weighted by molar-refractivity contribution is 0.237. The van der Waals surface area contributed by atoms with Crippen molar-refractivity contribution in [3.63, 3.8) is 0 Å². The molecule has 2 nitrogen and oxygen atoms in total. The van der Waals surface area contributed by atoms with E-state index in [2.05, 4.69) is 24.1 Å². The van der Waals surface area contributed by atoms with Crippen molar-refractivity contribution in [2.75, 3.05) is 26.2 Å². The smallest absolute Gasteiger partial charge is 0.0197 e. The highest BCUT2D eigenvalue weighted by atomic mass is 15.2. The number of hydrogen-bond acceptors (Lipinski definition) is 2. The van der Waals surface area contributed by atoms with E-state index in [4.69, 9.17) is 0 Å². The van der Waals surface area contributed by atoms with Gasteiger partial charge < -0.3 is 10.2 Å². The first-order valence-corrected chi connectivity index (χ1v) is 8.20. The van der Waals surface area contributed by atoms with Gasteiger partial charge in [-0.25, -0.2) is 0 Å². The summed E-state index contributed by atoms with van der Waals surface area (Å²) in [5.74, 6) is 1.86. The molecule has 1 heterocycles. The minimum Gasteiger partial charge on any atom is -0.313 e. The SMILES string of the molecule is CC(C)CC1CN(CCC2CCCC2)CCCN1. The molecule has 2 aliphatic rings. The molecule has 1 saturated heterocycles. The van der Waals surface area contributed by atoms with Gasteiger partial charge in [0.15, 0.2) is 0 Å². The van der Waals surface area contributed by atoms with Crippen LogP contribution in [0, 0.1) is 11.8 Å². The molecule has 0 aromatic heterocycles. The molecule has 2 fully saturated rings. The van der Waals surface area contributed by atoms with Crippen LogP contribution < -0.4 is 5.32 Å². The van der Waals surface area contributed by atoms with Crippen LogP contribution in [-0.4, -0.2) is 37.1 Å². The molecule has 1 N–H and O–H groups in total. The Bertz CT molecular complexity index is 221.